The van der Waals surface area contributed by atoms with Gasteiger partial charge in [-0.15, -0.1) is 0 Å². The molecule has 0 aromatic rings. The molecular weight excluding hydrogens is 254 g/mol. The Balaban J connectivity index is 1.69. The summed E-state index contributed by atoms with van der Waals surface area (Å²) in [7, 11) is 1.93. The van der Waals surface area contributed by atoms with Crippen LogP contribution >= 0.6 is 0 Å². The van der Waals surface area contributed by atoms with E-state index in [9.17, 15) is 9.90 Å². The van der Waals surface area contributed by atoms with Crippen molar-refractivity contribution < 1.29 is 9.90 Å². The lowest BCUT2D eigenvalue weighted by atomic mass is 10.1. The molecule has 0 spiro atoms. The summed E-state index contributed by atoms with van der Waals surface area (Å²) in [5.41, 5.74) is 0. The molecule has 1 amide bonds. The molecule has 5 nitrogen and oxygen atoms in total. The quantitative estimate of drug-likeness (QED) is 0.727. The van der Waals surface area contributed by atoms with Crippen LogP contribution in [0.1, 0.15) is 26.2 Å². The van der Waals surface area contributed by atoms with Gasteiger partial charge in [-0.1, -0.05) is 6.92 Å². The molecule has 2 fully saturated rings. The van der Waals surface area contributed by atoms with Crippen LogP contribution in [0.25, 0.3) is 0 Å². The molecule has 0 radical (unpaired) electrons. The van der Waals surface area contributed by atoms with Crippen LogP contribution in [0.4, 0.5) is 0 Å². The fourth-order valence-corrected chi connectivity index (χ4v) is 2.89. The van der Waals surface area contributed by atoms with E-state index in [1.807, 2.05) is 11.9 Å². The summed E-state index contributed by atoms with van der Waals surface area (Å²) in [5.74, 6) is 1.01. The molecular formula is C15H29N3O2. The van der Waals surface area contributed by atoms with Gasteiger partial charge in [-0.25, -0.2) is 0 Å². The zero-order chi connectivity index (χ0) is 14.5. The number of aliphatic hydroxyl groups excluding tert-OH is 1. The van der Waals surface area contributed by atoms with Gasteiger partial charge < -0.3 is 10.0 Å². The Hall–Kier alpha value is -0.650. The second kappa shape index (κ2) is 7.38. The number of piperazine rings is 1. The highest BCUT2D eigenvalue weighted by atomic mass is 16.3. The molecule has 2 rings (SSSR count). The van der Waals surface area contributed by atoms with Crippen molar-refractivity contribution in [3.8, 4) is 0 Å². The first kappa shape index (κ1) is 15.7. The van der Waals surface area contributed by atoms with Gasteiger partial charge in [0, 0.05) is 45.8 Å². The van der Waals surface area contributed by atoms with Crippen molar-refractivity contribution in [2.75, 3.05) is 52.9 Å². The molecule has 1 atom stereocenters. The smallest absolute Gasteiger partial charge is 0.236 e. The minimum absolute atomic E-state index is 0.236. The van der Waals surface area contributed by atoms with Crippen molar-refractivity contribution in [1.29, 1.82) is 0 Å². The number of rotatable bonds is 7. The van der Waals surface area contributed by atoms with Gasteiger partial charge in [-0.05, 0) is 25.2 Å². The number of aliphatic hydroxyl groups is 1. The van der Waals surface area contributed by atoms with E-state index in [0.717, 1.165) is 45.1 Å². The number of hydrogen-bond donors (Lipinski definition) is 1. The first-order valence-electron chi connectivity index (χ1n) is 7.95. The first-order valence-corrected chi connectivity index (χ1v) is 7.95. The summed E-state index contributed by atoms with van der Waals surface area (Å²) in [4.78, 5) is 18.6. The lowest BCUT2D eigenvalue weighted by Gasteiger charge is -2.38. The Morgan fingerprint density at radius 3 is 2.45 bits per heavy atom. The number of amides is 1. The van der Waals surface area contributed by atoms with Gasteiger partial charge in [0.25, 0.3) is 0 Å². The van der Waals surface area contributed by atoms with Crippen molar-refractivity contribution >= 4 is 5.91 Å². The van der Waals surface area contributed by atoms with Crippen molar-refractivity contribution in [3.63, 3.8) is 0 Å². The number of hydrogen-bond acceptors (Lipinski definition) is 4. The van der Waals surface area contributed by atoms with Gasteiger partial charge in [0.15, 0.2) is 0 Å². The Kier molecular flexibility index (Phi) is 5.81. The Morgan fingerprint density at radius 2 is 1.95 bits per heavy atom. The number of likely N-dealkylation sites (N-methyl/N-ethyl adjacent to an activating group) is 1. The summed E-state index contributed by atoms with van der Waals surface area (Å²) in [5, 5.41) is 9.34. The van der Waals surface area contributed by atoms with Crippen molar-refractivity contribution in [3.05, 3.63) is 0 Å². The molecule has 0 bridgehead atoms. The van der Waals surface area contributed by atoms with E-state index in [1.165, 1.54) is 12.8 Å². The molecule has 1 N–H and O–H groups in total. The second-order valence-electron chi connectivity index (χ2n) is 6.27. The average Bonchev–Trinajstić information content (AvgIpc) is 3.26. The predicted octanol–water partition coefficient (Wildman–Crippen LogP) is 0.243. The van der Waals surface area contributed by atoms with Gasteiger partial charge in [0.2, 0.25) is 5.91 Å². The van der Waals surface area contributed by atoms with Crippen LogP contribution in [0.2, 0.25) is 0 Å². The van der Waals surface area contributed by atoms with Crippen molar-refractivity contribution in [2.45, 2.75) is 32.2 Å². The largest absolute Gasteiger partial charge is 0.395 e. The lowest BCUT2D eigenvalue weighted by Crippen LogP contribution is -2.53. The zero-order valence-electron chi connectivity index (χ0n) is 12.9. The molecule has 1 unspecified atom stereocenters. The molecule has 20 heavy (non-hydrogen) atoms. The van der Waals surface area contributed by atoms with Crippen LogP contribution in [-0.2, 0) is 4.79 Å². The van der Waals surface area contributed by atoms with Gasteiger partial charge in [0.05, 0.1) is 13.2 Å². The summed E-state index contributed by atoms with van der Waals surface area (Å²) in [6, 6.07) is 0.283. The van der Waals surface area contributed by atoms with Crippen LogP contribution in [0, 0.1) is 5.92 Å². The summed E-state index contributed by atoms with van der Waals surface area (Å²) in [6.45, 7) is 7.60. The van der Waals surface area contributed by atoms with E-state index < -0.39 is 0 Å². The van der Waals surface area contributed by atoms with Crippen LogP contribution in [0.5, 0.6) is 0 Å². The summed E-state index contributed by atoms with van der Waals surface area (Å²) in [6.07, 6.45) is 3.56. The molecule has 1 saturated heterocycles. The number of nitrogens with zero attached hydrogens (tertiary/aromatic N) is 3. The van der Waals surface area contributed by atoms with Crippen LogP contribution < -0.4 is 0 Å². The minimum atomic E-state index is 0.236. The topological polar surface area (TPSA) is 47.0 Å². The van der Waals surface area contributed by atoms with E-state index >= 15 is 0 Å². The first-order chi connectivity index (χ1) is 9.63. The van der Waals surface area contributed by atoms with Crippen LogP contribution in [0.15, 0.2) is 0 Å². The van der Waals surface area contributed by atoms with E-state index in [-0.39, 0.29) is 18.6 Å². The van der Waals surface area contributed by atoms with E-state index in [2.05, 4.69) is 16.7 Å². The third kappa shape index (κ3) is 4.43. The fourth-order valence-electron chi connectivity index (χ4n) is 2.89. The van der Waals surface area contributed by atoms with Crippen LogP contribution in [-0.4, -0.2) is 84.7 Å². The standard InChI is InChI=1S/C15H29N3O2/c1-3-14(12-19)18-8-6-17(7-9-18)11-15(20)16(2)10-13-4-5-13/h13-14,19H,3-12H2,1-2H3. The monoisotopic (exact) mass is 283 g/mol. The van der Waals surface area contributed by atoms with E-state index in [4.69, 9.17) is 0 Å². The maximum absolute atomic E-state index is 12.1. The van der Waals surface area contributed by atoms with Gasteiger partial charge >= 0.3 is 0 Å². The van der Waals surface area contributed by atoms with E-state index in [1.54, 1.807) is 0 Å². The van der Waals surface area contributed by atoms with Gasteiger partial charge in [-0.2, -0.15) is 0 Å². The molecule has 0 aromatic heterocycles. The highest BCUT2D eigenvalue weighted by Crippen LogP contribution is 2.29. The average molecular weight is 283 g/mol. The number of carbonyl (C=O) groups is 1. The second-order valence-corrected chi connectivity index (χ2v) is 6.27. The molecule has 1 aliphatic carbocycles. The lowest BCUT2D eigenvalue weighted by molar-refractivity contribution is -0.131. The fraction of sp³-hybridized carbons (Fsp3) is 0.933. The predicted molar refractivity (Wildman–Crippen MR) is 79.5 cm³/mol. The minimum Gasteiger partial charge on any atom is -0.395 e. The summed E-state index contributed by atoms with van der Waals surface area (Å²) < 4.78 is 0. The molecule has 116 valence electrons. The highest BCUT2D eigenvalue weighted by Gasteiger charge is 2.27. The maximum atomic E-state index is 12.1. The summed E-state index contributed by atoms with van der Waals surface area (Å²) >= 11 is 0. The third-order valence-corrected chi connectivity index (χ3v) is 4.62. The maximum Gasteiger partial charge on any atom is 0.236 e. The van der Waals surface area contributed by atoms with E-state index in [0.29, 0.717) is 6.54 Å². The molecule has 1 aliphatic heterocycles. The Labute approximate surface area is 122 Å². The molecule has 1 heterocycles. The molecule has 1 saturated carbocycles. The highest BCUT2D eigenvalue weighted by molar-refractivity contribution is 5.78. The Morgan fingerprint density at radius 1 is 1.30 bits per heavy atom. The molecule has 0 aromatic carbocycles. The van der Waals surface area contributed by atoms with Gasteiger partial charge in [0.1, 0.15) is 0 Å². The van der Waals surface area contributed by atoms with Crippen molar-refractivity contribution in [2.24, 2.45) is 5.92 Å². The zero-order valence-corrected chi connectivity index (χ0v) is 12.9. The van der Waals surface area contributed by atoms with Crippen molar-refractivity contribution in [1.82, 2.24) is 14.7 Å². The SMILES string of the molecule is CCC(CO)N1CCN(CC(=O)N(C)CC2CC2)CC1. The molecule has 2 aliphatic rings. The normalized spacial score (nSPS) is 22.8. The molecule has 5 heteroatoms. The van der Waals surface area contributed by atoms with Gasteiger partial charge in [-0.3, -0.25) is 14.6 Å². The third-order valence-electron chi connectivity index (χ3n) is 4.62. The Bertz CT molecular complexity index is 308. The van der Waals surface area contributed by atoms with Crippen LogP contribution in [0.3, 0.4) is 0 Å². The number of carbonyl (C=O) groups excluding carboxylic acids is 1.